The summed E-state index contributed by atoms with van der Waals surface area (Å²) in [5.41, 5.74) is 3.20. The first-order valence-corrected chi connectivity index (χ1v) is 8.67. The zero-order valence-electron chi connectivity index (χ0n) is 14.4. The second kappa shape index (κ2) is 7.97. The molecule has 1 aliphatic heterocycles. The zero-order chi connectivity index (χ0) is 17.6. The maximum absolute atomic E-state index is 12.4. The Labute approximate surface area is 148 Å². The molecule has 4 nitrogen and oxygen atoms in total. The van der Waals surface area contributed by atoms with Gasteiger partial charge in [-0.1, -0.05) is 60.2 Å². The Morgan fingerprint density at radius 1 is 1.16 bits per heavy atom. The first kappa shape index (κ1) is 17.2. The molecule has 0 saturated carbocycles. The molecular weight excluding hydrogens is 314 g/mol. The molecule has 2 unspecified atom stereocenters. The number of ether oxygens (including phenoxy) is 1. The van der Waals surface area contributed by atoms with Crippen molar-refractivity contribution in [2.45, 2.75) is 44.8 Å². The standard InChI is InChI=1S/C21H23NO3/c1-15-7-9-17(10-8-15)18(19-11-12-20(23)22-19)13-21(24)25-14-16-5-3-2-4-6-16/h2-10,18-19H,11-14H2,1H3,(H,22,23). The van der Waals surface area contributed by atoms with Gasteiger partial charge in [0.05, 0.1) is 6.42 Å². The number of benzene rings is 2. The highest BCUT2D eigenvalue weighted by Gasteiger charge is 2.31. The third-order valence-electron chi connectivity index (χ3n) is 4.65. The lowest BCUT2D eigenvalue weighted by Gasteiger charge is -2.23. The minimum absolute atomic E-state index is 0.0144. The first-order chi connectivity index (χ1) is 12.1. The Balaban J connectivity index is 1.67. The van der Waals surface area contributed by atoms with Crippen LogP contribution in [0.25, 0.3) is 0 Å². The molecule has 1 saturated heterocycles. The first-order valence-electron chi connectivity index (χ1n) is 8.67. The average molecular weight is 337 g/mol. The highest BCUT2D eigenvalue weighted by atomic mass is 16.5. The van der Waals surface area contributed by atoms with Crippen LogP contribution in [0.2, 0.25) is 0 Å². The van der Waals surface area contributed by atoms with Crippen molar-refractivity contribution < 1.29 is 14.3 Å². The van der Waals surface area contributed by atoms with E-state index in [1.54, 1.807) is 0 Å². The van der Waals surface area contributed by atoms with Crippen LogP contribution in [0.3, 0.4) is 0 Å². The smallest absolute Gasteiger partial charge is 0.306 e. The van der Waals surface area contributed by atoms with E-state index in [0.717, 1.165) is 17.5 Å². The maximum atomic E-state index is 12.4. The van der Waals surface area contributed by atoms with Crippen LogP contribution < -0.4 is 5.32 Å². The Morgan fingerprint density at radius 3 is 2.52 bits per heavy atom. The molecule has 130 valence electrons. The predicted molar refractivity (Wildman–Crippen MR) is 95.9 cm³/mol. The molecule has 0 aliphatic carbocycles. The summed E-state index contributed by atoms with van der Waals surface area (Å²) in [4.78, 5) is 24.0. The highest BCUT2D eigenvalue weighted by Crippen LogP contribution is 2.29. The van der Waals surface area contributed by atoms with E-state index in [2.05, 4.69) is 5.32 Å². The number of esters is 1. The van der Waals surface area contributed by atoms with Gasteiger partial charge in [-0.3, -0.25) is 9.59 Å². The van der Waals surface area contributed by atoms with Crippen LogP contribution in [0.4, 0.5) is 0 Å². The summed E-state index contributed by atoms with van der Waals surface area (Å²) < 4.78 is 5.44. The summed E-state index contributed by atoms with van der Waals surface area (Å²) in [6, 6.07) is 17.8. The molecule has 0 radical (unpaired) electrons. The van der Waals surface area contributed by atoms with Crippen LogP contribution in [0.1, 0.15) is 41.9 Å². The highest BCUT2D eigenvalue weighted by molar-refractivity contribution is 5.79. The van der Waals surface area contributed by atoms with Gasteiger partial charge in [0.15, 0.2) is 0 Å². The van der Waals surface area contributed by atoms with Crippen LogP contribution in [-0.2, 0) is 20.9 Å². The lowest BCUT2D eigenvalue weighted by molar-refractivity contribution is -0.145. The second-order valence-corrected chi connectivity index (χ2v) is 6.58. The van der Waals surface area contributed by atoms with Crippen LogP contribution in [0.5, 0.6) is 0 Å². The van der Waals surface area contributed by atoms with Crippen LogP contribution in [-0.4, -0.2) is 17.9 Å². The van der Waals surface area contributed by atoms with Crippen molar-refractivity contribution in [1.82, 2.24) is 5.32 Å². The molecule has 25 heavy (non-hydrogen) atoms. The Bertz CT molecular complexity index is 725. The fraction of sp³-hybridized carbons (Fsp3) is 0.333. The van der Waals surface area contributed by atoms with Gasteiger partial charge in [-0.05, 0) is 24.5 Å². The van der Waals surface area contributed by atoms with Gasteiger partial charge in [-0.2, -0.15) is 0 Å². The lowest BCUT2D eigenvalue weighted by atomic mass is 9.87. The minimum atomic E-state index is -0.240. The summed E-state index contributed by atoms with van der Waals surface area (Å²) in [6.07, 6.45) is 1.54. The van der Waals surface area contributed by atoms with Crippen molar-refractivity contribution in [3.8, 4) is 0 Å². The van der Waals surface area contributed by atoms with Gasteiger partial charge < -0.3 is 10.1 Å². The molecule has 1 fully saturated rings. The number of carbonyl (C=O) groups is 2. The summed E-state index contributed by atoms with van der Waals surface area (Å²) >= 11 is 0. The van der Waals surface area contributed by atoms with Crippen molar-refractivity contribution in [1.29, 1.82) is 0 Å². The average Bonchev–Trinajstić information content (AvgIpc) is 3.06. The van der Waals surface area contributed by atoms with Crippen LogP contribution in [0.15, 0.2) is 54.6 Å². The quantitative estimate of drug-likeness (QED) is 0.821. The number of hydrogen-bond acceptors (Lipinski definition) is 3. The van der Waals surface area contributed by atoms with Crippen molar-refractivity contribution >= 4 is 11.9 Å². The predicted octanol–water partition coefficient (Wildman–Crippen LogP) is 3.49. The van der Waals surface area contributed by atoms with Crippen LogP contribution >= 0.6 is 0 Å². The molecule has 1 aliphatic rings. The molecule has 2 aromatic carbocycles. The van der Waals surface area contributed by atoms with E-state index in [0.29, 0.717) is 6.42 Å². The van der Waals surface area contributed by atoms with E-state index in [1.165, 1.54) is 5.56 Å². The summed E-state index contributed by atoms with van der Waals surface area (Å²) in [7, 11) is 0. The van der Waals surface area contributed by atoms with Gasteiger partial charge in [-0.15, -0.1) is 0 Å². The van der Waals surface area contributed by atoms with Gasteiger partial charge >= 0.3 is 5.97 Å². The van der Waals surface area contributed by atoms with Crippen molar-refractivity contribution in [2.24, 2.45) is 0 Å². The van der Waals surface area contributed by atoms with Gasteiger partial charge in [0.25, 0.3) is 0 Å². The number of carbonyl (C=O) groups excluding carboxylic acids is 2. The van der Waals surface area contributed by atoms with Crippen molar-refractivity contribution in [2.75, 3.05) is 0 Å². The number of nitrogens with one attached hydrogen (secondary N) is 1. The second-order valence-electron chi connectivity index (χ2n) is 6.58. The number of rotatable bonds is 6. The number of hydrogen-bond donors (Lipinski definition) is 1. The SMILES string of the molecule is Cc1ccc(C(CC(=O)OCc2ccccc2)C2CCC(=O)N2)cc1. The molecule has 0 bridgehead atoms. The molecule has 2 atom stereocenters. The molecule has 1 amide bonds. The van der Waals surface area contributed by atoms with E-state index in [1.807, 2.05) is 61.5 Å². The van der Waals surface area contributed by atoms with E-state index in [9.17, 15) is 9.59 Å². The molecule has 0 aromatic heterocycles. The molecule has 1 N–H and O–H groups in total. The van der Waals surface area contributed by atoms with Gasteiger partial charge in [0, 0.05) is 18.4 Å². The third kappa shape index (κ3) is 4.69. The maximum Gasteiger partial charge on any atom is 0.306 e. The Morgan fingerprint density at radius 2 is 1.88 bits per heavy atom. The molecule has 0 spiro atoms. The van der Waals surface area contributed by atoms with E-state index in [4.69, 9.17) is 4.74 Å². The lowest BCUT2D eigenvalue weighted by Crippen LogP contribution is -2.33. The van der Waals surface area contributed by atoms with Gasteiger partial charge in [0.2, 0.25) is 5.91 Å². The van der Waals surface area contributed by atoms with E-state index < -0.39 is 0 Å². The largest absolute Gasteiger partial charge is 0.461 e. The minimum Gasteiger partial charge on any atom is -0.461 e. The molecular formula is C21H23NO3. The summed E-state index contributed by atoms with van der Waals surface area (Å²) in [5, 5.41) is 3.00. The fourth-order valence-corrected chi connectivity index (χ4v) is 3.22. The Kier molecular flexibility index (Phi) is 5.49. The normalized spacial score (nSPS) is 17.8. The van der Waals surface area contributed by atoms with Crippen molar-refractivity contribution in [3.63, 3.8) is 0 Å². The van der Waals surface area contributed by atoms with Gasteiger partial charge in [-0.25, -0.2) is 0 Å². The van der Waals surface area contributed by atoms with E-state index >= 15 is 0 Å². The topological polar surface area (TPSA) is 55.4 Å². The fourth-order valence-electron chi connectivity index (χ4n) is 3.22. The summed E-state index contributed by atoms with van der Waals surface area (Å²) in [6.45, 7) is 2.31. The number of amides is 1. The molecule has 1 heterocycles. The molecule has 2 aromatic rings. The van der Waals surface area contributed by atoms with Crippen LogP contribution in [0, 0.1) is 6.92 Å². The molecule has 3 rings (SSSR count). The van der Waals surface area contributed by atoms with Gasteiger partial charge in [0.1, 0.15) is 6.61 Å². The Hall–Kier alpha value is -2.62. The monoisotopic (exact) mass is 337 g/mol. The van der Waals surface area contributed by atoms with Crippen molar-refractivity contribution in [3.05, 3.63) is 71.3 Å². The summed E-state index contributed by atoms with van der Waals surface area (Å²) in [5.74, 6) is -0.245. The zero-order valence-corrected chi connectivity index (χ0v) is 14.4. The van der Waals surface area contributed by atoms with E-state index in [-0.39, 0.29) is 36.9 Å². The molecule has 4 heteroatoms. The third-order valence-corrected chi connectivity index (χ3v) is 4.65. The number of aryl methyl sites for hydroxylation is 1.